The Labute approximate surface area is 177 Å². The molecule has 0 spiro atoms. The lowest BCUT2D eigenvalue weighted by Gasteiger charge is -2.29. The number of anilines is 1. The third-order valence-electron chi connectivity index (χ3n) is 5.05. The normalized spacial score (nSPS) is 19.9. The van der Waals surface area contributed by atoms with Crippen LogP contribution in [0.25, 0.3) is 0 Å². The Morgan fingerprint density at radius 1 is 1.14 bits per heavy atom. The summed E-state index contributed by atoms with van der Waals surface area (Å²) in [6.07, 6.45) is 3.89. The monoisotopic (exact) mass is 438 g/mol. The predicted molar refractivity (Wildman–Crippen MR) is 115 cm³/mol. The summed E-state index contributed by atoms with van der Waals surface area (Å²) in [5.74, 6) is 2.09. The van der Waals surface area contributed by atoms with Gasteiger partial charge in [0, 0.05) is 23.7 Å². The van der Waals surface area contributed by atoms with Crippen LogP contribution in [0.4, 0.5) is 5.82 Å². The number of sulfonamides is 1. The number of halogens is 1. The van der Waals surface area contributed by atoms with Gasteiger partial charge < -0.3 is 10.1 Å². The van der Waals surface area contributed by atoms with E-state index in [4.69, 9.17) is 16.3 Å². The Morgan fingerprint density at radius 2 is 1.90 bits per heavy atom. The zero-order chi connectivity index (χ0) is 20.9. The molecule has 2 N–H and O–H groups in total. The van der Waals surface area contributed by atoms with E-state index in [0.29, 0.717) is 41.0 Å². The lowest BCUT2D eigenvalue weighted by atomic mass is 9.86. The maximum Gasteiger partial charge on any atom is 0.238 e. The SMILES string of the molecule is CC(C)S(=O)(=O)NC[C@H]1CC[C@H](Nc2ccc(Oc3cccc(Cl)c3)nn2)CC1. The molecule has 0 bridgehead atoms. The first-order chi connectivity index (χ1) is 13.8. The third kappa shape index (κ3) is 6.55. The van der Waals surface area contributed by atoms with Crippen molar-refractivity contribution in [1.82, 2.24) is 14.9 Å². The van der Waals surface area contributed by atoms with Crippen LogP contribution in [0, 0.1) is 5.92 Å². The zero-order valence-electron chi connectivity index (χ0n) is 16.6. The molecule has 0 atom stereocenters. The van der Waals surface area contributed by atoms with Crippen molar-refractivity contribution in [2.45, 2.75) is 50.8 Å². The van der Waals surface area contributed by atoms with E-state index in [1.807, 2.05) is 12.1 Å². The molecule has 0 radical (unpaired) electrons. The lowest BCUT2D eigenvalue weighted by molar-refractivity contribution is 0.336. The summed E-state index contributed by atoms with van der Waals surface area (Å²) in [7, 11) is -3.19. The van der Waals surface area contributed by atoms with E-state index in [9.17, 15) is 8.42 Å². The Kier molecular flexibility index (Phi) is 7.32. The average Bonchev–Trinajstić information content (AvgIpc) is 2.69. The highest BCUT2D eigenvalue weighted by Gasteiger charge is 2.24. The van der Waals surface area contributed by atoms with Crippen molar-refractivity contribution in [3.63, 3.8) is 0 Å². The van der Waals surface area contributed by atoms with E-state index in [1.165, 1.54) is 0 Å². The van der Waals surface area contributed by atoms with Gasteiger partial charge in [-0.2, -0.15) is 0 Å². The molecule has 0 unspecified atom stereocenters. The summed E-state index contributed by atoms with van der Waals surface area (Å²) in [4.78, 5) is 0. The lowest BCUT2D eigenvalue weighted by Crippen LogP contribution is -2.37. The fourth-order valence-electron chi connectivity index (χ4n) is 3.22. The van der Waals surface area contributed by atoms with Gasteiger partial charge >= 0.3 is 0 Å². The van der Waals surface area contributed by atoms with Crippen LogP contribution in [0.15, 0.2) is 36.4 Å². The minimum atomic E-state index is -3.19. The summed E-state index contributed by atoms with van der Waals surface area (Å²) in [6.45, 7) is 3.90. The number of hydrogen-bond donors (Lipinski definition) is 2. The van der Waals surface area contributed by atoms with E-state index in [-0.39, 0.29) is 0 Å². The molecule has 1 fully saturated rings. The van der Waals surface area contributed by atoms with Gasteiger partial charge in [0.1, 0.15) is 11.6 Å². The molecule has 1 heterocycles. The van der Waals surface area contributed by atoms with Crippen LogP contribution in [0.2, 0.25) is 5.02 Å². The van der Waals surface area contributed by atoms with Crippen molar-refractivity contribution >= 4 is 27.4 Å². The third-order valence-corrected chi connectivity index (χ3v) is 7.10. The minimum absolute atomic E-state index is 0.307. The second-order valence-corrected chi connectivity index (χ2v) is 10.4. The number of nitrogens with one attached hydrogen (secondary N) is 2. The molecule has 7 nitrogen and oxygen atoms in total. The van der Waals surface area contributed by atoms with Crippen molar-refractivity contribution in [1.29, 1.82) is 0 Å². The molecule has 0 amide bonds. The van der Waals surface area contributed by atoms with Crippen molar-refractivity contribution in [3.8, 4) is 11.6 Å². The van der Waals surface area contributed by atoms with Crippen LogP contribution in [-0.2, 0) is 10.0 Å². The minimum Gasteiger partial charge on any atom is -0.437 e. The number of rotatable bonds is 8. The van der Waals surface area contributed by atoms with Gasteiger partial charge in [0.25, 0.3) is 0 Å². The summed E-state index contributed by atoms with van der Waals surface area (Å²) < 4.78 is 32.1. The van der Waals surface area contributed by atoms with Gasteiger partial charge in [-0.3, -0.25) is 0 Å². The zero-order valence-corrected chi connectivity index (χ0v) is 18.2. The first-order valence-electron chi connectivity index (χ1n) is 9.84. The van der Waals surface area contributed by atoms with Crippen LogP contribution < -0.4 is 14.8 Å². The quantitative estimate of drug-likeness (QED) is 0.640. The number of benzene rings is 1. The summed E-state index contributed by atoms with van der Waals surface area (Å²) in [6, 6.07) is 11.0. The standard InChI is InChI=1S/C20H27ClN4O3S/c1-14(2)29(26,27)22-13-15-6-8-17(9-7-15)23-19-10-11-20(25-24-19)28-18-5-3-4-16(21)12-18/h3-5,10-12,14-15,17,22H,6-9,13H2,1-2H3,(H,23,24)/t15-,17-. The van der Waals surface area contributed by atoms with E-state index < -0.39 is 15.3 Å². The molecule has 0 aliphatic heterocycles. The second kappa shape index (κ2) is 9.73. The molecular formula is C20H27ClN4O3S. The number of hydrogen-bond acceptors (Lipinski definition) is 6. The fourth-order valence-corrected chi connectivity index (χ4v) is 4.21. The highest BCUT2D eigenvalue weighted by molar-refractivity contribution is 7.90. The molecule has 1 saturated carbocycles. The van der Waals surface area contributed by atoms with Gasteiger partial charge in [0.2, 0.25) is 15.9 Å². The number of ether oxygens (including phenoxy) is 1. The highest BCUT2D eigenvalue weighted by atomic mass is 35.5. The van der Waals surface area contributed by atoms with Crippen LogP contribution in [0.3, 0.4) is 0 Å². The van der Waals surface area contributed by atoms with E-state index >= 15 is 0 Å². The van der Waals surface area contributed by atoms with E-state index in [0.717, 1.165) is 25.7 Å². The molecule has 1 aliphatic rings. The first kappa shape index (κ1) is 21.8. The largest absolute Gasteiger partial charge is 0.437 e. The number of aromatic nitrogens is 2. The van der Waals surface area contributed by atoms with Gasteiger partial charge in [-0.1, -0.05) is 17.7 Å². The fraction of sp³-hybridized carbons (Fsp3) is 0.500. The first-order valence-corrected chi connectivity index (χ1v) is 11.8. The van der Waals surface area contributed by atoms with Gasteiger partial charge in [-0.05, 0) is 69.7 Å². The van der Waals surface area contributed by atoms with Crippen molar-refractivity contribution in [2.24, 2.45) is 5.92 Å². The number of nitrogens with zero attached hydrogens (tertiary/aromatic N) is 2. The van der Waals surface area contributed by atoms with Crippen LogP contribution in [0.5, 0.6) is 11.6 Å². The van der Waals surface area contributed by atoms with Crippen molar-refractivity contribution < 1.29 is 13.2 Å². The summed E-state index contributed by atoms with van der Waals surface area (Å²) in [5, 5.41) is 11.9. The van der Waals surface area contributed by atoms with Gasteiger partial charge in [-0.25, -0.2) is 13.1 Å². The average molecular weight is 439 g/mol. The molecule has 2 aromatic rings. The van der Waals surface area contributed by atoms with Gasteiger partial charge in [0.15, 0.2) is 0 Å². The van der Waals surface area contributed by atoms with Gasteiger partial charge in [-0.15, -0.1) is 10.2 Å². The van der Waals surface area contributed by atoms with Crippen LogP contribution >= 0.6 is 11.6 Å². The smallest absolute Gasteiger partial charge is 0.238 e. The Morgan fingerprint density at radius 3 is 2.52 bits per heavy atom. The maximum absolute atomic E-state index is 11.9. The maximum atomic E-state index is 11.9. The highest BCUT2D eigenvalue weighted by Crippen LogP contribution is 2.27. The molecule has 0 saturated heterocycles. The molecule has 9 heteroatoms. The molecule has 158 valence electrons. The molecular weight excluding hydrogens is 412 g/mol. The Balaban J connectivity index is 1.44. The van der Waals surface area contributed by atoms with Crippen molar-refractivity contribution in [2.75, 3.05) is 11.9 Å². The molecule has 1 aliphatic carbocycles. The van der Waals surface area contributed by atoms with Crippen molar-refractivity contribution in [3.05, 3.63) is 41.4 Å². The second-order valence-electron chi connectivity index (χ2n) is 7.62. The van der Waals surface area contributed by atoms with E-state index in [1.54, 1.807) is 38.1 Å². The van der Waals surface area contributed by atoms with Gasteiger partial charge in [0.05, 0.1) is 5.25 Å². The van der Waals surface area contributed by atoms with Crippen LogP contribution in [-0.4, -0.2) is 36.5 Å². The summed E-state index contributed by atoms with van der Waals surface area (Å²) in [5.41, 5.74) is 0. The Hall–Kier alpha value is -1.90. The molecule has 1 aromatic heterocycles. The topological polar surface area (TPSA) is 93.2 Å². The predicted octanol–water partition coefficient (Wildman–Crippen LogP) is 4.22. The summed E-state index contributed by atoms with van der Waals surface area (Å²) >= 11 is 5.95. The van der Waals surface area contributed by atoms with Crippen LogP contribution in [0.1, 0.15) is 39.5 Å². The molecule has 1 aromatic carbocycles. The molecule has 29 heavy (non-hydrogen) atoms. The van der Waals surface area contributed by atoms with E-state index in [2.05, 4.69) is 20.2 Å². The molecule has 3 rings (SSSR count). The Bertz CT molecular complexity index is 898.